The highest BCUT2D eigenvalue weighted by atomic mass is 35.5. The Morgan fingerprint density at radius 2 is 2.06 bits per heavy atom. The number of aromatic nitrogens is 1. The lowest BCUT2D eigenvalue weighted by Gasteiger charge is -2.10. The van der Waals surface area contributed by atoms with Crippen molar-refractivity contribution in [3.63, 3.8) is 0 Å². The molecule has 2 rings (SSSR count). The number of H-pyrrole nitrogens is 1. The summed E-state index contributed by atoms with van der Waals surface area (Å²) in [5.74, 6) is 0.747. The average molecular weight is 238 g/mol. The van der Waals surface area contributed by atoms with Crippen LogP contribution >= 0.6 is 11.6 Å². The molecule has 0 saturated heterocycles. The van der Waals surface area contributed by atoms with Crippen molar-refractivity contribution in [3.05, 3.63) is 39.6 Å². The van der Waals surface area contributed by atoms with Gasteiger partial charge in [0.2, 0.25) is 5.56 Å². The summed E-state index contributed by atoms with van der Waals surface area (Å²) in [7, 11) is 0. The second kappa shape index (κ2) is 4.18. The number of ether oxygens (including phenoxy) is 1. The molecule has 0 aliphatic rings. The van der Waals surface area contributed by atoms with Crippen LogP contribution in [-0.4, -0.2) is 11.1 Å². The Labute approximate surface area is 98.0 Å². The van der Waals surface area contributed by atoms with Gasteiger partial charge in [0.15, 0.2) is 0 Å². The van der Waals surface area contributed by atoms with E-state index in [1.165, 1.54) is 6.07 Å². The lowest BCUT2D eigenvalue weighted by Crippen LogP contribution is -2.06. The Morgan fingerprint density at radius 3 is 2.75 bits per heavy atom. The van der Waals surface area contributed by atoms with Crippen molar-refractivity contribution in [1.82, 2.24) is 4.98 Å². The molecule has 16 heavy (non-hydrogen) atoms. The standard InChI is InChI=1S/C12H12ClNO2/c1-7(2)16-8-3-4-11-9(5-8)10(13)6-12(15)14-11/h3-7H,1-2H3,(H,14,15). The van der Waals surface area contributed by atoms with E-state index in [0.29, 0.717) is 10.5 Å². The van der Waals surface area contributed by atoms with Gasteiger partial charge in [0.1, 0.15) is 5.75 Å². The number of hydrogen-bond acceptors (Lipinski definition) is 2. The zero-order chi connectivity index (χ0) is 11.7. The number of rotatable bonds is 2. The van der Waals surface area contributed by atoms with Gasteiger partial charge in [-0.1, -0.05) is 11.6 Å². The van der Waals surface area contributed by atoms with Crippen molar-refractivity contribution in [2.24, 2.45) is 0 Å². The second-order valence-corrected chi connectivity index (χ2v) is 4.26. The van der Waals surface area contributed by atoms with Gasteiger partial charge in [-0.3, -0.25) is 4.79 Å². The van der Waals surface area contributed by atoms with E-state index < -0.39 is 0 Å². The quantitative estimate of drug-likeness (QED) is 0.873. The SMILES string of the molecule is CC(C)Oc1ccc2[nH]c(=O)cc(Cl)c2c1. The Balaban J connectivity index is 2.57. The van der Waals surface area contributed by atoms with Crippen LogP contribution < -0.4 is 10.3 Å². The van der Waals surface area contributed by atoms with E-state index in [0.717, 1.165) is 11.1 Å². The van der Waals surface area contributed by atoms with Crippen LogP contribution in [0.1, 0.15) is 13.8 Å². The van der Waals surface area contributed by atoms with E-state index in [1.807, 2.05) is 26.0 Å². The third-order valence-electron chi connectivity index (χ3n) is 2.14. The van der Waals surface area contributed by atoms with Crippen LogP contribution in [0.4, 0.5) is 0 Å². The summed E-state index contributed by atoms with van der Waals surface area (Å²) in [5.41, 5.74) is 0.517. The minimum atomic E-state index is -0.199. The molecule has 0 radical (unpaired) electrons. The number of hydrogen-bond donors (Lipinski definition) is 1. The fourth-order valence-electron chi connectivity index (χ4n) is 1.54. The molecule has 0 saturated carbocycles. The molecule has 1 heterocycles. The van der Waals surface area contributed by atoms with E-state index in [2.05, 4.69) is 4.98 Å². The van der Waals surface area contributed by atoms with Gasteiger partial charge in [-0.25, -0.2) is 0 Å². The minimum Gasteiger partial charge on any atom is -0.491 e. The Morgan fingerprint density at radius 1 is 1.31 bits per heavy atom. The summed E-state index contributed by atoms with van der Waals surface area (Å²) < 4.78 is 5.56. The fourth-order valence-corrected chi connectivity index (χ4v) is 1.79. The van der Waals surface area contributed by atoms with Crippen molar-refractivity contribution in [2.75, 3.05) is 0 Å². The first-order chi connectivity index (χ1) is 7.56. The first-order valence-corrected chi connectivity index (χ1v) is 5.43. The van der Waals surface area contributed by atoms with E-state index in [-0.39, 0.29) is 11.7 Å². The van der Waals surface area contributed by atoms with Crippen molar-refractivity contribution in [2.45, 2.75) is 20.0 Å². The highest BCUT2D eigenvalue weighted by Gasteiger charge is 2.04. The molecule has 3 nitrogen and oxygen atoms in total. The second-order valence-electron chi connectivity index (χ2n) is 3.86. The molecule has 2 aromatic rings. The van der Waals surface area contributed by atoms with Gasteiger partial charge in [-0.05, 0) is 32.0 Å². The third kappa shape index (κ3) is 2.19. The van der Waals surface area contributed by atoms with E-state index in [4.69, 9.17) is 16.3 Å². The summed E-state index contributed by atoms with van der Waals surface area (Å²) in [5, 5.41) is 1.23. The summed E-state index contributed by atoms with van der Waals surface area (Å²) in [6.07, 6.45) is 0.110. The van der Waals surface area contributed by atoms with Crippen LogP contribution in [0.25, 0.3) is 10.9 Å². The number of fused-ring (bicyclic) bond motifs is 1. The van der Waals surface area contributed by atoms with Crippen LogP contribution in [0, 0.1) is 0 Å². The number of benzene rings is 1. The molecule has 0 aliphatic heterocycles. The Hall–Kier alpha value is -1.48. The molecular weight excluding hydrogens is 226 g/mol. The molecule has 84 valence electrons. The largest absolute Gasteiger partial charge is 0.491 e. The predicted molar refractivity (Wildman–Crippen MR) is 65.3 cm³/mol. The normalized spacial score (nSPS) is 11.0. The van der Waals surface area contributed by atoms with Gasteiger partial charge in [0.05, 0.1) is 16.6 Å². The van der Waals surface area contributed by atoms with Crippen LogP contribution in [0.2, 0.25) is 5.02 Å². The average Bonchev–Trinajstić information content (AvgIpc) is 2.18. The molecule has 0 aliphatic carbocycles. The molecule has 0 atom stereocenters. The molecule has 0 bridgehead atoms. The third-order valence-corrected chi connectivity index (χ3v) is 2.45. The van der Waals surface area contributed by atoms with Crippen molar-refractivity contribution in [3.8, 4) is 5.75 Å². The lowest BCUT2D eigenvalue weighted by atomic mass is 10.2. The van der Waals surface area contributed by atoms with Gasteiger partial charge >= 0.3 is 0 Å². The molecule has 1 aromatic carbocycles. The first-order valence-electron chi connectivity index (χ1n) is 5.05. The molecule has 1 aromatic heterocycles. The van der Waals surface area contributed by atoms with Gasteiger partial charge < -0.3 is 9.72 Å². The van der Waals surface area contributed by atoms with E-state index in [9.17, 15) is 4.79 Å². The van der Waals surface area contributed by atoms with Crippen molar-refractivity contribution >= 4 is 22.5 Å². The first kappa shape index (κ1) is 11.0. The van der Waals surface area contributed by atoms with Crippen LogP contribution in [-0.2, 0) is 0 Å². The Bertz CT molecular complexity index is 575. The zero-order valence-corrected chi connectivity index (χ0v) is 9.84. The monoisotopic (exact) mass is 237 g/mol. The summed E-state index contributed by atoms with van der Waals surface area (Å²) in [6.45, 7) is 3.91. The summed E-state index contributed by atoms with van der Waals surface area (Å²) in [4.78, 5) is 13.9. The molecule has 0 unspecified atom stereocenters. The molecule has 4 heteroatoms. The Kier molecular flexibility index (Phi) is 2.88. The molecule has 0 fully saturated rings. The van der Waals surface area contributed by atoms with Crippen molar-refractivity contribution in [1.29, 1.82) is 0 Å². The fraction of sp³-hybridized carbons (Fsp3) is 0.250. The smallest absolute Gasteiger partial charge is 0.249 e. The lowest BCUT2D eigenvalue weighted by molar-refractivity contribution is 0.243. The predicted octanol–water partition coefficient (Wildman–Crippen LogP) is 2.97. The van der Waals surface area contributed by atoms with Crippen LogP contribution in [0.5, 0.6) is 5.75 Å². The molecule has 0 spiro atoms. The summed E-state index contributed by atoms with van der Waals surface area (Å²) in [6, 6.07) is 6.80. The number of nitrogens with one attached hydrogen (secondary N) is 1. The maximum atomic E-state index is 11.2. The number of halogens is 1. The molecule has 1 N–H and O–H groups in total. The maximum absolute atomic E-state index is 11.2. The highest BCUT2D eigenvalue weighted by Crippen LogP contribution is 2.25. The number of pyridine rings is 1. The highest BCUT2D eigenvalue weighted by molar-refractivity contribution is 6.35. The molecular formula is C12H12ClNO2. The van der Waals surface area contributed by atoms with Gasteiger partial charge in [0.25, 0.3) is 0 Å². The zero-order valence-electron chi connectivity index (χ0n) is 9.08. The minimum absolute atomic E-state index is 0.110. The van der Waals surface area contributed by atoms with Crippen LogP contribution in [0.3, 0.4) is 0 Å². The number of aromatic amines is 1. The molecule has 0 amide bonds. The summed E-state index contributed by atoms with van der Waals surface area (Å²) >= 11 is 6.00. The van der Waals surface area contributed by atoms with Crippen LogP contribution in [0.15, 0.2) is 29.1 Å². The van der Waals surface area contributed by atoms with Gasteiger partial charge in [0, 0.05) is 11.5 Å². The van der Waals surface area contributed by atoms with Gasteiger partial charge in [-0.2, -0.15) is 0 Å². The van der Waals surface area contributed by atoms with E-state index >= 15 is 0 Å². The van der Waals surface area contributed by atoms with E-state index in [1.54, 1.807) is 6.07 Å². The van der Waals surface area contributed by atoms with Crippen molar-refractivity contribution < 1.29 is 4.74 Å². The van der Waals surface area contributed by atoms with Gasteiger partial charge in [-0.15, -0.1) is 0 Å². The maximum Gasteiger partial charge on any atom is 0.249 e. The topological polar surface area (TPSA) is 42.1 Å².